The van der Waals surface area contributed by atoms with Gasteiger partial charge in [0.05, 0.1) is 13.0 Å². The summed E-state index contributed by atoms with van der Waals surface area (Å²) in [7, 11) is -4.55. The number of unbranched alkanes of at least 4 members (excludes halogenated alkanes) is 12. The van der Waals surface area contributed by atoms with Gasteiger partial charge in [-0.25, -0.2) is 0 Å². The van der Waals surface area contributed by atoms with Crippen LogP contribution in [-0.2, 0) is 24.4 Å². The molecule has 0 aromatic carbocycles. The molecule has 0 radical (unpaired) electrons. The Bertz CT molecular complexity index is 542. The van der Waals surface area contributed by atoms with E-state index < -0.39 is 27.8 Å². The van der Waals surface area contributed by atoms with Gasteiger partial charge in [-0.3, -0.25) is 9.35 Å². The second-order valence-electron chi connectivity index (χ2n) is 7.55. The zero-order valence-electron chi connectivity index (χ0n) is 18.0. The molecule has 6 nitrogen and oxygen atoms in total. The van der Waals surface area contributed by atoms with E-state index in [1.54, 1.807) is 0 Å². The molecule has 0 aromatic heterocycles. The molecule has 0 saturated carbocycles. The highest BCUT2D eigenvalue weighted by Crippen LogP contribution is 2.10. The van der Waals surface area contributed by atoms with Crippen LogP contribution in [-0.4, -0.2) is 37.1 Å². The van der Waals surface area contributed by atoms with Crippen LogP contribution in [0.2, 0.25) is 0 Å². The number of rotatable bonds is 20. The van der Waals surface area contributed by atoms with Crippen LogP contribution in [0.5, 0.6) is 0 Å². The van der Waals surface area contributed by atoms with E-state index in [1.165, 1.54) is 57.8 Å². The molecule has 7 heteroatoms. The first-order chi connectivity index (χ1) is 13.9. The third kappa shape index (κ3) is 18.6. The van der Waals surface area contributed by atoms with Gasteiger partial charge in [0.15, 0.2) is 5.25 Å². The van der Waals surface area contributed by atoms with Crippen molar-refractivity contribution in [2.24, 2.45) is 0 Å². The van der Waals surface area contributed by atoms with Gasteiger partial charge in [0, 0.05) is 0 Å². The van der Waals surface area contributed by atoms with Gasteiger partial charge in [0.1, 0.15) is 6.29 Å². The molecule has 29 heavy (non-hydrogen) atoms. The van der Waals surface area contributed by atoms with Crippen molar-refractivity contribution >= 4 is 22.4 Å². The Morgan fingerprint density at radius 1 is 0.862 bits per heavy atom. The van der Waals surface area contributed by atoms with Crippen molar-refractivity contribution < 1.29 is 27.3 Å². The van der Waals surface area contributed by atoms with Gasteiger partial charge in [0.25, 0.3) is 10.1 Å². The predicted octanol–water partition coefficient (Wildman–Crippen LogP) is 5.41. The quantitative estimate of drug-likeness (QED) is 0.0908. The highest BCUT2D eigenvalue weighted by Gasteiger charge is 2.26. The van der Waals surface area contributed by atoms with Crippen LogP contribution in [0.15, 0.2) is 12.2 Å². The maximum absolute atomic E-state index is 11.5. The van der Waals surface area contributed by atoms with Crippen molar-refractivity contribution in [1.82, 2.24) is 0 Å². The zero-order valence-corrected chi connectivity index (χ0v) is 18.8. The molecular weight excluding hydrogens is 392 g/mol. The minimum Gasteiger partial charge on any atom is -0.466 e. The molecular formula is C22H40O6S. The number of carbonyl (C=O) groups is 2. The first-order valence-corrected chi connectivity index (χ1v) is 12.6. The normalized spacial score (nSPS) is 12.9. The Balaban J connectivity index is 3.42. The van der Waals surface area contributed by atoms with Crippen LogP contribution in [0.3, 0.4) is 0 Å². The Morgan fingerprint density at radius 2 is 1.34 bits per heavy atom. The second kappa shape index (κ2) is 18.8. The third-order valence-corrected chi connectivity index (χ3v) is 5.86. The molecule has 0 rings (SSSR count). The molecule has 0 amide bonds. The Labute approximate surface area is 177 Å². The minimum absolute atomic E-state index is 0.0421. The van der Waals surface area contributed by atoms with Gasteiger partial charge in [-0.05, 0) is 32.1 Å². The number of carbonyl (C=O) groups excluding carboxylic acids is 2. The molecule has 0 spiro atoms. The molecule has 0 aliphatic heterocycles. The predicted molar refractivity (Wildman–Crippen MR) is 116 cm³/mol. The summed E-state index contributed by atoms with van der Waals surface area (Å²) in [5.41, 5.74) is 0. The number of hydrogen-bond donors (Lipinski definition) is 1. The number of esters is 1. The van der Waals surface area contributed by atoms with Crippen LogP contribution in [0, 0.1) is 0 Å². The molecule has 170 valence electrons. The van der Waals surface area contributed by atoms with Crippen LogP contribution in [0.25, 0.3) is 0 Å². The fourth-order valence-electron chi connectivity index (χ4n) is 2.98. The fourth-order valence-corrected chi connectivity index (χ4v) is 3.47. The summed E-state index contributed by atoms with van der Waals surface area (Å²) in [4.78, 5) is 22.0. The maximum atomic E-state index is 11.5. The van der Waals surface area contributed by atoms with Gasteiger partial charge in [-0.2, -0.15) is 8.42 Å². The molecule has 1 unspecified atom stereocenters. The summed E-state index contributed by atoms with van der Waals surface area (Å²) in [6.07, 6.45) is 20.6. The first-order valence-electron chi connectivity index (χ1n) is 11.1. The maximum Gasteiger partial charge on any atom is 0.307 e. The number of ether oxygens (including phenoxy) is 1. The largest absolute Gasteiger partial charge is 0.466 e. The van der Waals surface area contributed by atoms with E-state index in [2.05, 4.69) is 19.1 Å². The summed E-state index contributed by atoms with van der Waals surface area (Å²) in [5, 5.41) is -1.74. The summed E-state index contributed by atoms with van der Waals surface area (Å²) in [5.74, 6) is -0.785. The SMILES string of the molecule is CCCCCCCC/C=C\CCCCCCCCOC(=O)CC(C=O)S(=O)(=O)O. The number of allylic oxidation sites excluding steroid dienone is 2. The van der Waals surface area contributed by atoms with Crippen molar-refractivity contribution in [2.45, 2.75) is 108 Å². The molecule has 0 aliphatic carbocycles. The summed E-state index contributed by atoms with van der Waals surface area (Å²) in [6, 6.07) is 0. The Kier molecular flexibility index (Phi) is 18.0. The smallest absolute Gasteiger partial charge is 0.307 e. The van der Waals surface area contributed by atoms with Crippen LogP contribution in [0.4, 0.5) is 0 Å². The van der Waals surface area contributed by atoms with Crippen molar-refractivity contribution in [3.05, 3.63) is 12.2 Å². The lowest BCUT2D eigenvalue weighted by molar-refractivity contribution is -0.144. The molecule has 0 bridgehead atoms. The van der Waals surface area contributed by atoms with Gasteiger partial charge in [0.2, 0.25) is 0 Å². The van der Waals surface area contributed by atoms with Crippen molar-refractivity contribution in [3.63, 3.8) is 0 Å². The summed E-state index contributed by atoms with van der Waals surface area (Å²) in [6.45, 7) is 2.45. The van der Waals surface area contributed by atoms with Gasteiger partial charge in [-0.15, -0.1) is 0 Å². The zero-order chi connectivity index (χ0) is 21.8. The van der Waals surface area contributed by atoms with E-state index in [0.717, 1.165) is 25.7 Å². The summed E-state index contributed by atoms with van der Waals surface area (Å²) >= 11 is 0. The third-order valence-electron chi connectivity index (χ3n) is 4.82. The number of aldehydes is 1. The molecule has 0 aromatic rings. The second-order valence-corrected chi connectivity index (χ2v) is 9.19. The molecule has 0 saturated heterocycles. The first kappa shape index (κ1) is 27.8. The average molecular weight is 433 g/mol. The van der Waals surface area contributed by atoms with E-state index in [9.17, 15) is 18.0 Å². The number of hydrogen-bond acceptors (Lipinski definition) is 5. The topological polar surface area (TPSA) is 97.7 Å². The minimum atomic E-state index is -4.55. The molecule has 1 atom stereocenters. The molecule has 0 aliphatic rings. The standard InChI is InChI=1S/C22H40O6S/c1-2-3-4-5-6-7-8-9-10-11-12-13-14-15-16-17-18-28-22(24)19-21(20-23)29(25,26)27/h9-10,20-21H,2-8,11-19H2,1H3,(H,25,26,27)/b10-9-. The monoisotopic (exact) mass is 432 g/mol. The van der Waals surface area contributed by atoms with E-state index in [0.29, 0.717) is 6.42 Å². The van der Waals surface area contributed by atoms with E-state index >= 15 is 0 Å². The highest BCUT2D eigenvalue weighted by molar-refractivity contribution is 7.87. The Morgan fingerprint density at radius 3 is 1.83 bits per heavy atom. The lowest BCUT2D eigenvalue weighted by Gasteiger charge is -2.07. The van der Waals surface area contributed by atoms with E-state index in [-0.39, 0.29) is 12.9 Å². The van der Waals surface area contributed by atoms with Crippen molar-refractivity contribution in [2.75, 3.05) is 6.61 Å². The Hall–Kier alpha value is -1.21. The lowest BCUT2D eigenvalue weighted by atomic mass is 10.1. The van der Waals surface area contributed by atoms with Crippen LogP contribution in [0.1, 0.15) is 103 Å². The van der Waals surface area contributed by atoms with Gasteiger partial charge < -0.3 is 9.53 Å². The van der Waals surface area contributed by atoms with Crippen LogP contribution >= 0.6 is 0 Å². The van der Waals surface area contributed by atoms with E-state index in [1.807, 2.05) is 0 Å². The fraction of sp³-hybridized carbons (Fsp3) is 0.818. The lowest BCUT2D eigenvalue weighted by Crippen LogP contribution is -2.26. The van der Waals surface area contributed by atoms with Crippen LogP contribution < -0.4 is 0 Å². The van der Waals surface area contributed by atoms with Crippen molar-refractivity contribution in [1.29, 1.82) is 0 Å². The van der Waals surface area contributed by atoms with E-state index in [4.69, 9.17) is 9.29 Å². The molecule has 0 fully saturated rings. The van der Waals surface area contributed by atoms with Gasteiger partial charge >= 0.3 is 5.97 Å². The van der Waals surface area contributed by atoms with Gasteiger partial charge in [-0.1, -0.05) is 76.9 Å². The van der Waals surface area contributed by atoms with Crippen molar-refractivity contribution in [3.8, 4) is 0 Å². The molecule has 1 N–H and O–H groups in total. The molecule has 0 heterocycles. The summed E-state index contributed by atoms with van der Waals surface area (Å²) < 4.78 is 35.4. The average Bonchev–Trinajstić information content (AvgIpc) is 2.67. The highest BCUT2D eigenvalue weighted by atomic mass is 32.2.